The zero-order valence-electron chi connectivity index (χ0n) is 9.16. The van der Waals surface area contributed by atoms with Crippen LogP contribution in [0.4, 0.5) is 0 Å². The van der Waals surface area contributed by atoms with Crippen molar-refractivity contribution in [2.24, 2.45) is 12.8 Å². The van der Waals surface area contributed by atoms with Crippen molar-refractivity contribution in [1.82, 2.24) is 19.7 Å². The number of nitrogens with two attached hydrogens (primary N) is 1. The Labute approximate surface area is 93.1 Å². The highest BCUT2D eigenvalue weighted by molar-refractivity contribution is 5.32. The SMILES string of the molecule is COc1cnn(C)c1C(N)c1cnccn1. The van der Waals surface area contributed by atoms with Crippen molar-refractivity contribution >= 4 is 0 Å². The lowest BCUT2D eigenvalue weighted by molar-refractivity contribution is 0.405. The molecule has 0 spiro atoms. The number of hydrogen-bond acceptors (Lipinski definition) is 5. The summed E-state index contributed by atoms with van der Waals surface area (Å²) < 4.78 is 6.88. The molecule has 1 unspecified atom stereocenters. The van der Waals surface area contributed by atoms with Gasteiger partial charge in [0.15, 0.2) is 5.75 Å². The third-order valence-corrected chi connectivity index (χ3v) is 2.37. The molecule has 2 aromatic rings. The molecule has 0 amide bonds. The lowest BCUT2D eigenvalue weighted by Crippen LogP contribution is -2.18. The van der Waals surface area contributed by atoms with Gasteiger partial charge in [-0.2, -0.15) is 5.10 Å². The second-order valence-electron chi connectivity index (χ2n) is 3.33. The summed E-state index contributed by atoms with van der Waals surface area (Å²) in [6.45, 7) is 0. The minimum atomic E-state index is -0.392. The molecule has 2 rings (SSSR count). The molecule has 0 saturated carbocycles. The van der Waals surface area contributed by atoms with Gasteiger partial charge in [0.05, 0.1) is 31.2 Å². The summed E-state index contributed by atoms with van der Waals surface area (Å²) in [4.78, 5) is 8.15. The minimum absolute atomic E-state index is 0.392. The Bertz CT molecular complexity index is 467. The molecular formula is C10H13N5O. The van der Waals surface area contributed by atoms with Crippen LogP contribution in [-0.4, -0.2) is 26.9 Å². The predicted octanol–water partition coefficient (Wildman–Crippen LogP) is 0.267. The van der Waals surface area contributed by atoms with E-state index in [1.54, 1.807) is 36.6 Å². The van der Waals surface area contributed by atoms with E-state index in [4.69, 9.17) is 10.5 Å². The summed E-state index contributed by atoms with van der Waals surface area (Å²) in [5.74, 6) is 0.653. The fraction of sp³-hybridized carbons (Fsp3) is 0.300. The first-order valence-corrected chi connectivity index (χ1v) is 4.81. The largest absolute Gasteiger partial charge is 0.493 e. The summed E-state index contributed by atoms with van der Waals surface area (Å²) in [5.41, 5.74) is 7.56. The summed E-state index contributed by atoms with van der Waals surface area (Å²) >= 11 is 0. The van der Waals surface area contributed by atoms with Gasteiger partial charge in [-0.25, -0.2) is 0 Å². The smallest absolute Gasteiger partial charge is 0.161 e. The van der Waals surface area contributed by atoms with Crippen LogP contribution in [0.1, 0.15) is 17.4 Å². The fourth-order valence-corrected chi connectivity index (χ4v) is 1.55. The van der Waals surface area contributed by atoms with Crippen molar-refractivity contribution in [3.05, 3.63) is 36.2 Å². The topological polar surface area (TPSA) is 78.9 Å². The molecule has 0 fully saturated rings. The molecule has 0 radical (unpaired) electrons. The lowest BCUT2D eigenvalue weighted by atomic mass is 10.1. The highest BCUT2D eigenvalue weighted by Gasteiger charge is 2.19. The van der Waals surface area contributed by atoms with Crippen molar-refractivity contribution in [1.29, 1.82) is 0 Å². The maximum absolute atomic E-state index is 6.09. The summed E-state index contributed by atoms with van der Waals surface area (Å²) in [6, 6.07) is -0.392. The maximum Gasteiger partial charge on any atom is 0.161 e. The molecule has 6 heteroatoms. The molecular weight excluding hydrogens is 206 g/mol. The van der Waals surface area contributed by atoms with E-state index in [2.05, 4.69) is 15.1 Å². The number of hydrogen-bond donors (Lipinski definition) is 1. The normalized spacial score (nSPS) is 12.4. The van der Waals surface area contributed by atoms with Gasteiger partial charge in [0, 0.05) is 19.4 Å². The maximum atomic E-state index is 6.09. The molecule has 2 N–H and O–H groups in total. The third kappa shape index (κ3) is 1.74. The number of rotatable bonds is 3. The summed E-state index contributed by atoms with van der Waals surface area (Å²) in [7, 11) is 3.40. The van der Waals surface area contributed by atoms with E-state index in [1.165, 1.54) is 0 Å². The van der Waals surface area contributed by atoms with Crippen LogP contribution in [0.25, 0.3) is 0 Å². The molecule has 0 bridgehead atoms. The molecule has 1 atom stereocenters. The van der Waals surface area contributed by atoms with Gasteiger partial charge in [-0.05, 0) is 0 Å². The number of methoxy groups -OCH3 is 1. The standard InChI is InChI=1S/C10H13N5O/c1-15-10(8(16-2)6-14-15)9(11)7-5-12-3-4-13-7/h3-6,9H,11H2,1-2H3. The fourth-order valence-electron chi connectivity index (χ4n) is 1.55. The Hall–Kier alpha value is -1.95. The molecule has 6 nitrogen and oxygen atoms in total. The van der Waals surface area contributed by atoms with E-state index in [-0.39, 0.29) is 0 Å². The zero-order chi connectivity index (χ0) is 11.5. The van der Waals surface area contributed by atoms with Gasteiger partial charge in [-0.15, -0.1) is 0 Å². The minimum Gasteiger partial charge on any atom is -0.493 e. The Balaban J connectivity index is 2.41. The Kier molecular flexibility index (Phi) is 2.82. The molecule has 2 heterocycles. The molecule has 0 saturated heterocycles. The van der Waals surface area contributed by atoms with Gasteiger partial charge in [0.2, 0.25) is 0 Å². The first-order valence-electron chi connectivity index (χ1n) is 4.81. The van der Waals surface area contributed by atoms with Gasteiger partial charge in [-0.3, -0.25) is 14.6 Å². The van der Waals surface area contributed by atoms with Crippen molar-refractivity contribution in [3.63, 3.8) is 0 Å². The van der Waals surface area contributed by atoms with Crippen molar-refractivity contribution in [2.75, 3.05) is 7.11 Å². The predicted molar refractivity (Wildman–Crippen MR) is 57.8 cm³/mol. The van der Waals surface area contributed by atoms with Gasteiger partial charge in [0.25, 0.3) is 0 Å². The number of ether oxygens (including phenoxy) is 1. The zero-order valence-corrected chi connectivity index (χ0v) is 9.16. The Morgan fingerprint density at radius 3 is 2.81 bits per heavy atom. The first kappa shape index (κ1) is 10.6. The van der Waals surface area contributed by atoms with Crippen LogP contribution in [0.2, 0.25) is 0 Å². The van der Waals surface area contributed by atoms with Crippen molar-refractivity contribution in [3.8, 4) is 5.75 Å². The molecule has 2 aromatic heterocycles. The van der Waals surface area contributed by atoms with E-state index in [1.807, 2.05) is 7.05 Å². The average Bonchev–Trinajstić information content (AvgIpc) is 2.70. The van der Waals surface area contributed by atoms with Crippen molar-refractivity contribution < 1.29 is 4.74 Å². The van der Waals surface area contributed by atoms with Crippen LogP contribution in [0.3, 0.4) is 0 Å². The van der Waals surface area contributed by atoms with Crippen LogP contribution < -0.4 is 10.5 Å². The van der Waals surface area contributed by atoms with Gasteiger partial charge < -0.3 is 10.5 Å². The lowest BCUT2D eigenvalue weighted by Gasteiger charge is -2.12. The van der Waals surface area contributed by atoms with Crippen LogP contribution in [-0.2, 0) is 7.05 Å². The van der Waals surface area contributed by atoms with Gasteiger partial charge in [0.1, 0.15) is 5.69 Å². The Morgan fingerprint density at radius 1 is 1.38 bits per heavy atom. The third-order valence-electron chi connectivity index (χ3n) is 2.37. The van der Waals surface area contributed by atoms with Crippen molar-refractivity contribution in [2.45, 2.75) is 6.04 Å². The molecule has 0 aromatic carbocycles. The van der Waals surface area contributed by atoms with E-state index in [0.717, 1.165) is 5.69 Å². The van der Waals surface area contributed by atoms with Gasteiger partial charge in [-0.1, -0.05) is 0 Å². The van der Waals surface area contributed by atoms with E-state index in [0.29, 0.717) is 11.4 Å². The van der Waals surface area contributed by atoms with E-state index < -0.39 is 6.04 Å². The second-order valence-corrected chi connectivity index (χ2v) is 3.33. The summed E-state index contributed by atoms with van der Waals surface area (Å²) in [5, 5.41) is 4.10. The molecule has 16 heavy (non-hydrogen) atoms. The monoisotopic (exact) mass is 219 g/mol. The Morgan fingerprint density at radius 2 is 2.19 bits per heavy atom. The average molecular weight is 219 g/mol. The highest BCUT2D eigenvalue weighted by atomic mass is 16.5. The van der Waals surface area contributed by atoms with E-state index in [9.17, 15) is 0 Å². The first-order chi connectivity index (χ1) is 7.74. The quantitative estimate of drug-likeness (QED) is 0.801. The molecule has 0 aliphatic carbocycles. The van der Waals surface area contributed by atoms with Crippen LogP contribution in [0, 0.1) is 0 Å². The number of aryl methyl sites for hydroxylation is 1. The molecule has 0 aliphatic heterocycles. The van der Waals surface area contributed by atoms with Gasteiger partial charge >= 0.3 is 0 Å². The molecule has 0 aliphatic rings. The number of aromatic nitrogens is 4. The van der Waals surface area contributed by atoms with Crippen LogP contribution >= 0.6 is 0 Å². The summed E-state index contributed by atoms with van der Waals surface area (Å²) in [6.07, 6.45) is 6.48. The van der Waals surface area contributed by atoms with E-state index >= 15 is 0 Å². The second kappa shape index (κ2) is 4.28. The van der Waals surface area contributed by atoms with Crippen LogP contribution in [0.5, 0.6) is 5.75 Å². The number of nitrogens with zero attached hydrogens (tertiary/aromatic N) is 4. The highest BCUT2D eigenvalue weighted by Crippen LogP contribution is 2.25. The molecule has 84 valence electrons. The van der Waals surface area contributed by atoms with Crippen LogP contribution in [0.15, 0.2) is 24.8 Å².